The molecule has 1 aromatic carbocycles. The third kappa shape index (κ3) is 4.05. The van der Waals surface area contributed by atoms with Crippen LogP contribution < -0.4 is 10.6 Å². The number of morpholine rings is 1. The number of aromatic amines is 1. The molecule has 0 bridgehead atoms. The lowest BCUT2D eigenvalue weighted by atomic mass is 9.99. The Kier molecular flexibility index (Phi) is 5.43. The Morgan fingerprint density at radius 2 is 2.10 bits per heavy atom. The molecular formula is C24H23N5O2. The molecular weight excluding hydrogens is 390 g/mol. The van der Waals surface area contributed by atoms with Crippen molar-refractivity contribution in [3.63, 3.8) is 0 Å². The van der Waals surface area contributed by atoms with Crippen LogP contribution in [0.4, 0.5) is 0 Å². The summed E-state index contributed by atoms with van der Waals surface area (Å²) < 4.78 is 5.94. The molecule has 1 fully saturated rings. The van der Waals surface area contributed by atoms with Crippen molar-refractivity contribution in [1.82, 2.24) is 25.6 Å². The van der Waals surface area contributed by atoms with Gasteiger partial charge in [-0.2, -0.15) is 0 Å². The highest BCUT2D eigenvalue weighted by atomic mass is 16.5. The predicted octanol–water partition coefficient (Wildman–Crippen LogP) is 3.22. The summed E-state index contributed by atoms with van der Waals surface area (Å²) in [6, 6.07) is 13.5. The first kappa shape index (κ1) is 19.4. The number of rotatable bonds is 5. The Labute approximate surface area is 179 Å². The van der Waals surface area contributed by atoms with Crippen LogP contribution in [0.15, 0.2) is 67.3 Å². The van der Waals surface area contributed by atoms with Crippen LogP contribution in [0.5, 0.6) is 0 Å². The highest BCUT2D eigenvalue weighted by molar-refractivity contribution is 6.02. The fourth-order valence-electron chi connectivity index (χ4n) is 3.92. The number of aromatic nitrogens is 3. The highest BCUT2D eigenvalue weighted by Crippen LogP contribution is 2.34. The second kappa shape index (κ2) is 8.67. The lowest BCUT2D eigenvalue weighted by molar-refractivity contribution is 0.0254. The molecule has 1 aliphatic rings. The van der Waals surface area contributed by atoms with Crippen molar-refractivity contribution in [2.75, 3.05) is 19.7 Å². The van der Waals surface area contributed by atoms with Crippen molar-refractivity contribution in [1.29, 1.82) is 0 Å². The van der Waals surface area contributed by atoms with Crippen LogP contribution in [0.3, 0.4) is 0 Å². The van der Waals surface area contributed by atoms with Gasteiger partial charge in [0.1, 0.15) is 6.10 Å². The lowest BCUT2D eigenvalue weighted by Crippen LogP contribution is -2.34. The maximum absolute atomic E-state index is 12.6. The molecule has 1 aliphatic heterocycles. The maximum atomic E-state index is 12.6. The van der Waals surface area contributed by atoms with Crippen LogP contribution in [0.2, 0.25) is 0 Å². The lowest BCUT2D eigenvalue weighted by Gasteiger charge is -2.24. The van der Waals surface area contributed by atoms with Gasteiger partial charge in [0.2, 0.25) is 0 Å². The molecule has 31 heavy (non-hydrogen) atoms. The van der Waals surface area contributed by atoms with Gasteiger partial charge in [0.05, 0.1) is 12.3 Å². The first-order valence-electron chi connectivity index (χ1n) is 10.4. The van der Waals surface area contributed by atoms with E-state index in [1.54, 1.807) is 18.6 Å². The SMILES string of the molecule is O=C(NCc1cccnc1)c1ccc2c(-c3cccnc3C3CNCCO3)c[nH]c2c1. The number of hydrogen-bond donors (Lipinski definition) is 3. The van der Waals surface area contributed by atoms with Crippen LogP contribution in [0, 0.1) is 0 Å². The van der Waals surface area contributed by atoms with E-state index in [-0.39, 0.29) is 12.0 Å². The summed E-state index contributed by atoms with van der Waals surface area (Å²) in [5, 5.41) is 7.35. The quantitative estimate of drug-likeness (QED) is 0.467. The average Bonchev–Trinajstić information content (AvgIpc) is 3.27. The molecule has 1 amide bonds. The first-order valence-corrected chi connectivity index (χ1v) is 10.4. The van der Waals surface area contributed by atoms with Gasteiger partial charge in [-0.05, 0) is 29.8 Å². The van der Waals surface area contributed by atoms with Gasteiger partial charge >= 0.3 is 0 Å². The number of benzene rings is 1. The Hall–Kier alpha value is -3.55. The highest BCUT2D eigenvalue weighted by Gasteiger charge is 2.22. The zero-order chi connectivity index (χ0) is 21.0. The van der Waals surface area contributed by atoms with Gasteiger partial charge in [-0.15, -0.1) is 0 Å². The van der Waals surface area contributed by atoms with Crippen LogP contribution in [0.25, 0.3) is 22.0 Å². The van der Waals surface area contributed by atoms with Gasteiger partial charge in [-0.1, -0.05) is 18.2 Å². The molecule has 0 saturated carbocycles. The molecule has 156 valence electrons. The Bertz CT molecular complexity index is 1200. The van der Waals surface area contributed by atoms with E-state index < -0.39 is 0 Å². The number of H-pyrrole nitrogens is 1. The molecule has 3 N–H and O–H groups in total. The van der Waals surface area contributed by atoms with E-state index in [0.29, 0.717) is 18.7 Å². The fourth-order valence-corrected chi connectivity index (χ4v) is 3.92. The second-order valence-electron chi connectivity index (χ2n) is 7.51. The minimum Gasteiger partial charge on any atom is -0.369 e. The van der Waals surface area contributed by atoms with Gasteiger partial charge < -0.3 is 20.4 Å². The molecule has 1 unspecified atom stereocenters. The van der Waals surface area contributed by atoms with Gasteiger partial charge in [0, 0.05) is 72.0 Å². The average molecular weight is 413 g/mol. The number of fused-ring (bicyclic) bond motifs is 1. The minimum atomic E-state index is -0.120. The van der Waals surface area contributed by atoms with Gasteiger partial charge in [0.25, 0.3) is 5.91 Å². The standard InChI is InChI=1S/C24H23N5O2/c30-24(29-13-16-3-1-7-25-12-16)17-5-6-18-20(14-28-21(18)11-17)19-4-2-8-27-23(19)22-15-26-9-10-31-22/h1-8,11-12,14,22,26,28H,9-10,13,15H2,(H,29,30). The summed E-state index contributed by atoms with van der Waals surface area (Å²) in [5.74, 6) is -0.120. The number of ether oxygens (including phenoxy) is 1. The number of amides is 1. The van der Waals surface area contributed by atoms with E-state index in [1.165, 1.54) is 0 Å². The van der Waals surface area contributed by atoms with Crippen molar-refractivity contribution < 1.29 is 9.53 Å². The van der Waals surface area contributed by atoms with E-state index in [9.17, 15) is 4.79 Å². The van der Waals surface area contributed by atoms with Gasteiger partial charge in [0.15, 0.2) is 0 Å². The number of pyridine rings is 2. The van der Waals surface area contributed by atoms with E-state index >= 15 is 0 Å². The molecule has 5 rings (SSSR count). The molecule has 1 saturated heterocycles. The Morgan fingerprint density at radius 1 is 1.16 bits per heavy atom. The topological polar surface area (TPSA) is 91.9 Å². The maximum Gasteiger partial charge on any atom is 0.251 e. The second-order valence-corrected chi connectivity index (χ2v) is 7.51. The number of carbonyl (C=O) groups excluding carboxylic acids is 1. The van der Waals surface area contributed by atoms with Crippen LogP contribution in [-0.4, -0.2) is 40.6 Å². The van der Waals surface area contributed by atoms with E-state index in [0.717, 1.165) is 46.4 Å². The first-order chi connectivity index (χ1) is 15.3. The summed E-state index contributed by atoms with van der Waals surface area (Å²) in [6.07, 6.45) is 7.16. The molecule has 4 aromatic rings. The Morgan fingerprint density at radius 3 is 2.94 bits per heavy atom. The summed E-state index contributed by atoms with van der Waals surface area (Å²) in [5.41, 5.74) is 5.49. The molecule has 0 radical (unpaired) electrons. The number of nitrogens with one attached hydrogen (secondary N) is 3. The van der Waals surface area contributed by atoms with Crippen molar-refractivity contribution in [3.05, 3.63) is 84.1 Å². The molecule has 0 spiro atoms. The van der Waals surface area contributed by atoms with Crippen LogP contribution in [0.1, 0.15) is 27.7 Å². The van der Waals surface area contributed by atoms with E-state index in [1.807, 2.05) is 42.6 Å². The smallest absolute Gasteiger partial charge is 0.251 e. The molecule has 7 nitrogen and oxygen atoms in total. The zero-order valence-electron chi connectivity index (χ0n) is 17.0. The largest absolute Gasteiger partial charge is 0.369 e. The van der Waals surface area contributed by atoms with Crippen molar-refractivity contribution in [3.8, 4) is 11.1 Å². The Balaban J connectivity index is 1.41. The number of hydrogen-bond acceptors (Lipinski definition) is 5. The molecule has 3 aromatic heterocycles. The zero-order valence-corrected chi connectivity index (χ0v) is 17.0. The fraction of sp³-hybridized carbons (Fsp3) is 0.208. The number of nitrogens with zero attached hydrogens (tertiary/aromatic N) is 2. The van der Waals surface area contributed by atoms with Crippen molar-refractivity contribution in [2.45, 2.75) is 12.6 Å². The third-order valence-corrected chi connectivity index (χ3v) is 5.48. The van der Waals surface area contributed by atoms with Crippen molar-refractivity contribution in [2.24, 2.45) is 0 Å². The number of carbonyl (C=O) groups is 1. The summed E-state index contributed by atoms with van der Waals surface area (Å²) >= 11 is 0. The summed E-state index contributed by atoms with van der Waals surface area (Å²) in [4.78, 5) is 24.6. The monoisotopic (exact) mass is 413 g/mol. The summed E-state index contributed by atoms with van der Waals surface area (Å²) in [6.45, 7) is 2.71. The van der Waals surface area contributed by atoms with Crippen LogP contribution >= 0.6 is 0 Å². The molecule has 4 heterocycles. The van der Waals surface area contributed by atoms with E-state index in [4.69, 9.17) is 4.74 Å². The van der Waals surface area contributed by atoms with Gasteiger partial charge in [-0.25, -0.2) is 0 Å². The predicted molar refractivity (Wildman–Crippen MR) is 118 cm³/mol. The van der Waals surface area contributed by atoms with Gasteiger partial charge in [-0.3, -0.25) is 14.8 Å². The summed E-state index contributed by atoms with van der Waals surface area (Å²) in [7, 11) is 0. The molecule has 1 atom stereocenters. The van der Waals surface area contributed by atoms with E-state index in [2.05, 4.69) is 31.7 Å². The molecule has 7 heteroatoms. The molecule has 0 aliphatic carbocycles. The normalized spacial score (nSPS) is 16.3. The minimum absolute atomic E-state index is 0.0765. The van der Waals surface area contributed by atoms with Crippen LogP contribution in [-0.2, 0) is 11.3 Å². The third-order valence-electron chi connectivity index (χ3n) is 5.48. The van der Waals surface area contributed by atoms with Crippen molar-refractivity contribution >= 4 is 16.8 Å².